The smallest absolute Gasteiger partial charge is 0.257 e. The minimum Gasteiger partial charge on any atom is -0.493 e. The molecule has 0 atom stereocenters. The lowest BCUT2D eigenvalue weighted by atomic mass is 9.97. The minimum atomic E-state index is -0.148. The molecule has 1 aromatic carbocycles. The van der Waals surface area contributed by atoms with E-state index in [1.165, 1.54) is 0 Å². The lowest BCUT2D eigenvalue weighted by Crippen LogP contribution is -2.41. The van der Waals surface area contributed by atoms with Crippen molar-refractivity contribution in [1.82, 2.24) is 10.2 Å². The van der Waals surface area contributed by atoms with Crippen LogP contribution in [0.2, 0.25) is 0 Å². The van der Waals surface area contributed by atoms with Crippen molar-refractivity contribution in [1.29, 1.82) is 0 Å². The fraction of sp³-hybridized carbons (Fsp3) is 0.529. The molecule has 6 heteroatoms. The number of methoxy groups -OCH3 is 1. The highest BCUT2D eigenvalue weighted by atomic mass is 16.5. The number of hydrogen-bond donors (Lipinski definition) is 1. The number of hydrogen-bond acceptors (Lipinski definition) is 4. The third kappa shape index (κ3) is 5.16. The first-order valence-corrected chi connectivity index (χ1v) is 7.88. The average Bonchev–Trinajstić information content (AvgIpc) is 2.58. The fourth-order valence-corrected chi connectivity index (χ4v) is 2.64. The van der Waals surface area contributed by atoms with Gasteiger partial charge in [-0.15, -0.1) is 0 Å². The van der Waals surface area contributed by atoms with Crippen molar-refractivity contribution in [3.63, 3.8) is 0 Å². The van der Waals surface area contributed by atoms with E-state index in [1.807, 2.05) is 17.0 Å². The largest absolute Gasteiger partial charge is 0.493 e. The molecule has 1 saturated heterocycles. The van der Waals surface area contributed by atoms with E-state index in [9.17, 15) is 9.59 Å². The summed E-state index contributed by atoms with van der Waals surface area (Å²) in [5.74, 6) is 1.56. The Hall–Kier alpha value is -2.24. The van der Waals surface area contributed by atoms with E-state index >= 15 is 0 Å². The molecule has 1 fully saturated rings. The summed E-state index contributed by atoms with van der Waals surface area (Å²) in [5, 5.41) is 2.90. The van der Waals surface area contributed by atoms with E-state index < -0.39 is 0 Å². The van der Waals surface area contributed by atoms with Gasteiger partial charge in [-0.05, 0) is 30.9 Å². The van der Waals surface area contributed by atoms with Crippen LogP contribution in [-0.4, -0.2) is 50.1 Å². The predicted octanol–water partition coefficient (Wildman–Crippen LogP) is 1.45. The SMILES string of the molecule is COc1ccccc1OCC(=O)NCC1CCN(C(C)=O)CC1. The molecule has 1 aromatic rings. The Morgan fingerprint density at radius 2 is 1.87 bits per heavy atom. The van der Waals surface area contributed by atoms with Crippen molar-refractivity contribution in [2.75, 3.05) is 33.4 Å². The van der Waals surface area contributed by atoms with Gasteiger partial charge in [-0.3, -0.25) is 9.59 Å². The highest BCUT2D eigenvalue weighted by molar-refractivity contribution is 5.77. The number of carbonyl (C=O) groups is 2. The molecule has 1 aliphatic rings. The van der Waals surface area contributed by atoms with Crippen molar-refractivity contribution < 1.29 is 19.1 Å². The van der Waals surface area contributed by atoms with E-state index in [2.05, 4.69) is 5.32 Å². The monoisotopic (exact) mass is 320 g/mol. The van der Waals surface area contributed by atoms with E-state index in [1.54, 1.807) is 26.2 Å². The first-order chi connectivity index (χ1) is 11.1. The fourth-order valence-electron chi connectivity index (χ4n) is 2.64. The number of amides is 2. The summed E-state index contributed by atoms with van der Waals surface area (Å²) in [6.45, 7) is 3.73. The molecule has 2 rings (SSSR count). The van der Waals surface area contributed by atoms with Gasteiger partial charge in [0, 0.05) is 26.6 Å². The van der Waals surface area contributed by atoms with Gasteiger partial charge in [0.2, 0.25) is 5.91 Å². The second-order valence-corrected chi connectivity index (χ2v) is 5.69. The molecule has 1 N–H and O–H groups in total. The molecule has 23 heavy (non-hydrogen) atoms. The zero-order valence-electron chi connectivity index (χ0n) is 13.7. The molecule has 0 bridgehead atoms. The van der Waals surface area contributed by atoms with Crippen LogP contribution in [0.4, 0.5) is 0 Å². The first-order valence-electron chi connectivity index (χ1n) is 7.88. The van der Waals surface area contributed by atoms with Gasteiger partial charge in [0.15, 0.2) is 18.1 Å². The standard InChI is InChI=1S/C17H24N2O4/c1-13(20)19-9-7-14(8-10-19)11-18-17(21)12-23-16-6-4-3-5-15(16)22-2/h3-6,14H,7-12H2,1-2H3,(H,18,21). The maximum atomic E-state index is 11.9. The normalized spacial score (nSPS) is 15.1. The molecule has 0 aliphatic carbocycles. The van der Waals surface area contributed by atoms with Crippen molar-refractivity contribution in [2.45, 2.75) is 19.8 Å². The highest BCUT2D eigenvalue weighted by Crippen LogP contribution is 2.25. The number of carbonyl (C=O) groups excluding carboxylic acids is 2. The van der Waals surface area contributed by atoms with E-state index in [0.29, 0.717) is 24.0 Å². The molecule has 0 aromatic heterocycles. The summed E-state index contributed by atoms with van der Waals surface area (Å²) < 4.78 is 10.7. The van der Waals surface area contributed by atoms with E-state index in [-0.39, 0.29) is 18.4 Å². The lowest BCUT2D eigenvalue weighted by molar-refractivity contribution is -0.130. The van der Waals surface area contributed by atoms with Crippen LogP contribution in [0.3, 0.4) is 0 Å². The van der Waals surface area contributed by atoms with Gasteiger partial charge in [-0.2, -0.15) is 0 Å². The van der Waals surface area contributed by atoms with Crippen molar-refractivity contribution in [2.24, 2.45) is 5.92 Å². The topological polar surface area (TPSA) is 67.9 Å². The molecule has 2 amide bonds. The van der Waals surface area contributed by atoms with E-state index in [4.69, 9.17) is 9.47 Å². The average molecular weight is 320 g/mol. The van der Waals surface area contributed by atoms with Crippen LogP contribution in [0.1, 0.15) is 19.8 Å². The van der Waals surface area contributed by atoms with Crippen LogP contribution >= 0.6 is 0 Å². The molecule has 0 radical (unpaired) electrons. The van der Waals surface area contributed by atoms with Crippen LogP contribution in [0.5, 0.6) is 11.5 Å². The van der Waals surface area contributed by atoms with E-state index in [0.717, 1.165) is 25.9 Å². The van der Waals surface area contributed by atoms with Crippen LogP contribution in [0, 0.1) is 5.92 Å². The van der Waals surface area contributed by atoms with Gasteiger partial charge >= 0.3 is 0 Å². The lowest BCUT2D eigenvalue weighted by Gasteiger charge is -2.31. The summed E-state index contributed by atoms with van der Waals surface area (Å²) >= 11 is 0. The summed E-state index contributed by atoms with van der Waals surface area (Å²) in [4.78, 5) is 25.0. The number of likely N-dealkylation sites (tertiary alicyclic amines) is 1. The Bertz CT molecular complexity index is 539. The second-order valence-electron chi connectivity index (χ2n) is 5.69. The molecule has 0 unspecified atom stereocenters. The van der Waals surface area contributed by atoms with Crippen LogP contribution in [0.15, 0.2) is 24.3 Å². The van der Waals surface area contributed by atoms with Crippen LogP contribution < -0.4 is 14.8 Å². The third-order valence-electron chi connectivity index (χ3n) is 4.08. The number of rotatable bonds is 6. The number of benzene rings is 1. The summed E-state index contributed by atoms with van der Waals surface area (Å²) in [7, 11) is 1.57. The molecule has 1 heterocycles. The van der Waals surface area contributed by atoms with Gasteiger partial charge in [0.25, 0.3) is 5.91 Å². The number of piperidine rings is 1. The molecule has 126 valence electrons. The molecular weight excluding hydrogens is 296 g/mol. The summed E-state index contributed by atoms with van der Waals surface area (Å²) in [6.07, 6.45) is 1.85. The molecule has 0 saturated carbocycles. The van der Waals surface area contributed by atoms with Crippen molar-refractivity contribution >= 4 is 11.8 Å². The number of ether oxygens (including phenoxy) is 2. The Morgan fingerprint density at radius 3 is 2.48 bits per heavy atom. The third-order valence-corrected chi connectivity index (χ3v) is 4.08. The van der Waals surface area contributed by atoms with Gasteiger partial charge in [0.05, 0.1) is 7.11 Å². The summed E-state index contributed by atoms with van der Waals surface area (Å²) in [6, 6.07) is 7.23. The summed E-state index contributed by atoms with van der Waals surface area (Å²) in [5.41, 5.74) is 0. The Kier molecular flexibility index (Phi) is 6.26. The number of nitrogens with zero attached hydrogens (tertiary/aromatic N) is 1. The zero-order valence-corrected chi connectivity index (χ0v) is 13.7. The van der Waals surface area contributed by atoms with Crippen LogP contribution in [-0.2, 0) is 9.59 Å². The maximum absolute atomic E-state index is 11.9. The molecular formula is C17H24N2O4. The van der Waals surface area contributed by atoms with Crippen molar-refractivity contribution in [3.05, 3.63) is 24.3 Å². The maximum Gasteiger partial charge on any atom is 0.257 e. The number of para-hydroxylation sites is 2. The second kappa shape index (κ2) is 8.41. The molecule has 1 aliphatic heterocycles. The van der Waals surface area contributed by atoms with Gasteiger partial charge in [-0.1, -0.05) is 12.1 Å². The predicted molar refractivity (Wildman–Crippen MR) is 86.5 cm³/mol. The molecule has 6 nitrogen and oxygen atoms in total. The molecule has 0 spiro atoms. The van der Waals surface area contributed by atoms with Gasteiger partial charge < -0.3 is 19.7 Å². The zero-order chi connectivity index (χ0) is 16.7. The van der Waals surface area contributed by atoms with Crippen LogP contribution in [0.25, 0.3) is 0 Å². The minimum absolute atomic E-state index is 0.0351. The quantitative estimate of drug-likeness (QED) is 0.861. The Morgan fingerprint density at radius 1 is 1.22 bits per heavy atom. The van der Waals surface area contributed by atoms with Gasteiger partial charge in [0.1, 0.15) is 0 Å². The first kappa shape index (κ1) is 17.1. The Balaban J connectivity index is 1.69. The highest BCUT2D eigenvalue weighted by Gasteiger charge is 2.21. The number of nitrogens with one attached hydrogen (secondary N) is 1. The van der Waals surface area contributed by atoms with Crippen molar-refractivity contribution in [3.8, 4) is 11.5 Å². The van der Waals surface area contributed by atoms with Gasteiger partial charge in [-0.25, -0.2) is 0 Å². The Labute approximate surface area is 136 Å².